The normalized spacial score (nSPS) is 15.0. The van der Waals surface area contributed by atoms with E-state index in [9.17, 15) is 5.11 Å². The highest BCUT2D eigenvalue weighted by atomic mass is 35.5. The Balaban J connectivity index is 1.77. The largest absolute Gasteiger partial charge is 0.506 e. The second kappa shape index (κ2) is 8.24. The molecule has 3 aromatic rings. The van der Waals surface area contributed by atoms with Crippen LogP contribution in [0.3, 0.4) is 0 Å². The van der Waals surface area contributed by atoms with Gasteiger partial charge in [-0.1, -0.05) is 67.0 Å². The molecule has 0 aliphatic carbocycles. The van der Waals surface area contributed by atoms with Crippen LogP contribution in [0.2, 0.25) is 5.02 Å². The number of benzene rings is 2. The maximum atomic E-state index is 10.00. The van der Waals surface area contributed by atoms with Gasteiger partial charge in [0, 0.05) is 22.6 Å². The fourth-order valence-electron chi connectivity index (χ4n) is 2.90. The number of fused-ring (bicyclic) bond motifs is 3. The number of aromatic nitrogens is 3. The summed E-state index contributed by atoms with van der Waals surface area (Å²) in [6, 6.07) is 12.8. The van der Waals surface area contributed by atoms with Crippen LogP contribution in [-0.4, -0.2) is 26.0 Å². The molecule has 0 bridgehead atoms. The average molecular weight is 415 g/mol. The fraction of sp³-hybridized carbons (Fsp3) is 0.250. The van der Waals surface area contributed by atoms with Gasteiger partial charge in [-0.15, -0.1) is 10.2 Å². The van der Waals surface area contributed by atoms with E-state index in [2.05, 4.69) is 27.4 Å². The molecule has 0 spiro atoms. The predicted octanol–water partition coefficient (Wildman–Crippen LogP) is 5.29. The van der Waals surface area contributed by atoms with Gasteiger partial charge in [0.15, 0.2) is 11.9 Å². The lowest BCUT2D eigenvalue weighted by molar-refractivity contribution is 0.225. The molecule has 1 unspecified atom stereocenters. The van der Waals surface area contributed by atoms with Crippen molar-refractivity contribution in [2.75, 3.05) is 11.1 Å². The second-order valence-electron chi connectivity index (χ2n) is 6.32. The molecule has 144 valence electrons. The molecule has 0 saturated carbocycles. The summed E-state index contributed by atoms with van der Waals surface area (Å²) in [5, 5.41) is 22.8. The van der Waals surface area contributed by atoms with E-state index in [0.29, 0.717) is 22.3 Å². The molecule has 0 fully saturated rings. The van der Waals surface area contributed by atoms with E-state index in [1.807, 2.05) is 24.3 Å². The molecule has 1 aromatic heterocycles. The summed E-state index contributed by atoms with van der Waals surface area (Å²) in [7, 11) is 0. The molecule has 4 rings (SSSR count). The van der Waals surface area contributed by atoms with E-state index in [1.165, 1.54) is 6.07 Å². The Kier molecular flexibility index (Phi) is 5.54. The Hall–Kier alpha value is -2.51. The molecular weight excluding hydrogens is 396 g/mol. The molecule has 6 nitrogen and oxygen atoms in total. The van der Waals surface area contributed by atoms with Crippen molar-refractivity contribution in [3.8, 4) is 22.9 Å². The van der Waals surface area contributed by atoms with E-state index in [0.717, 1.165) is 29.8 Å². The Morgan fingerprint density at radius 3 is 2.89 bits per heavy atom. The third kappa shape index (κ3) is 3.72. The smallest absolute Gasteiger partial charge is 0.247 e. The van der Waals surface area contributed by atoms with Gasteiger partial charge < -0.3 is 15.2 Å². The van der Waals surface area contributed by atoms with Crippen molar-refractivity contribution in [1.29, 1.82) is 0 Å². The van der Waals surface area contributed by atoms with Crippen LogP contribution in [0.4, 0.5) is 5.69 Å². The number of para-hydroxylation sites is 1. The standard InChI is InChI=1S/C20H19ClN4O2S/c1-2-3-11-28-20-23-19-17(24-25-20)12-7-4-5-9-14(12)22-18(27-19)13-8-6-10-15(26)16(13)21/h4-10,18,22,26H,2-3,11H2,1H3. The summed E-state index contributed by atoms with van der Waals surface area (Å²) >= 11 is 7.88. The molecule has 1 aliphatic rings. The lowest BCUT2D eigenvalue weighted by Crippen LogP contribution is -2.17. The lowest BCUT2D eigenvalue weighted by atomic mass is 10.1. The van der Waals surface area contributed by atoms with E-state index < -0.39 is 6.23 Å². The van der Waals surface area contributed by atoms with Crippen LogP contribution in [0.25, 0.3) is 11.3 Å². The molecule has 8 heteroatoms. The number of rotatable bonds is 5. The first kappa shape index (κ1) is 18.8. The number of anilines is 1. The number of phenolic OH excluding ortho intramolecular Hbond substituents is 1. The van der Waals surface area contributed by atoms with Crippen LogP contribution in [0, 0.1) is 0 Å². The lowest BCUT2D eigenvalue weighted by Gasteiger charge is -2.20. The van der Waals surface area contributed by atoms with Crippen LogP contribution >= 0.6 is 23.4 Å². The third-order valence-corrected chi connectivity index (χ3v) is 5.69. The first-order valence-corrected chi connectivity index (χ1v) is 10.4. The molecule has 0 saturated heterocycles. The molecular formula is C20H19ClN4O2S. The van der Waals surface area contributed by atoms with Crippen molar-refractivity contribution >= 4 is 29.1 Å². The number of ether oxygens (including phenoxy) is 1. The van der Waals surface area contributed by atoms with Gasteiger partial charge in [0.2, 0.25) is 11.0 Å². The minimum Gasteiger partial charge on any atom is -0.506 e. The zero-order valence-corrected chi connectivity index (χ0v) is 16.8. The third-order valence-electron chi connectivity index (χ3n) is 4.35. The molecule has 1 aliphatic heterocycles. The first-order chi connectivity index (χ1) is 13.7. The van der Waals surface area contributed by atoms with Crippen LogP contribution in [0.1, 0.15) is 31.6 Å². The highest BCUT2D eigenvalue weighted by Crippen LogP contribution is 2.41. The molecule has 0 amide bonds. The summed E-state index contributed by atoms with van der Waals surface area (Å²) < 4.78 is 6.17. The number of hydrogen-bond donors (Lipinski definition) is 2. The predicted molar refractivity (Wildman–Crippen MR) is 111 cm³/mol. The van der Waals surface area contributed by atoms with Gasteiger partial charge in [-0.3, -0.25) is 0 Å². The van der Waals surface area contributed by atoms with Crippen molar-refractivity contribution in [1.82, 2.24) is 15.2 Å². The number of phenols is 1. The number of hydrogen-bond acceptors (Lipinski definition) is 7. The van der Waals surface area contributed by atoms with E-state index in [1.54, 1.807) is 23.9 Å². The molecule has 28 heavy (non-hydrogen) atoms. The highest BCUT2D eigenvalue weighted by Gasteiger charge is 2.27. The van der Waals surface area contributed by atoms with Gasteiger partial charge in [-0.2, -0.15) is 4.98 Å². The SMILES string of the molecule is CCCCSc1nnc2c(n1)OC(c1cccc(O)c1Cl)Nc1ccccc1-2. The number of nitrogens with zero attached hydrogens (tertiary/aromatic N) is 3. The topological polar surface area (TPSA) is 80.2 Å². The van der Waals surface area contributed by atoms with Crippen LogP contribution in [-0.2, 0) is 0 Å². The zero-order chi connectivity index (χ0) is 19.5. The summed E-state index contributed by atoms with van der Waals surface area (Å²) in [6.45, 7) is 2.14. The Bertz CT molecular complexity index is 1000. The van der Waals surface area contributed by atoms with Crippen molar-refractivity contribution in [2.45, 2.75) is 31.1 Å². The summed E-state index contributed by atoms with van der Waals surface area (Å²) in [5.41, 5.74) is 2.86. The number of aromatic hydroxyl groups is 1. The molecule has 2 N–H and O–H groups in total. The monoisotopic (exact) mass is 414 g/mol. The van der Waals surface area contributed by atoms with Gasteiger partial charge in [0.1, 0.15) is 5.75 Å². The van der Waals surface area contributed by atoms with Gasteiger partial charge in [-0.05, 0) is 18.6 Å². The Morgan fingerprint density at radius 1 is 1.18 bits per heavy atom. The molecule has 2 aromatic carbocycles. The van der Waals surface area contributed by atoms with Crippen molar-refractivity contribution in [3.05, 3.63) is 53.1 Å². The molecule has 0 radical (unpaired) electrons. The Labute approximate surface area is 172 Å². The number of nitrogens with one attached hydrogen (secondary N) is 1. The molecule has 1 atom stereocenters. The first-order valence-electron chi connectivity index (χ1n) is 9.05. The van der Waals surface area contributed by atoms with E-state index in [4.69, 9.17) is 16.3 Å². The highest BCUT2D eigenvalue weighted by molar-refractivity contribution is 7.99. The average Bonchev–Trinajstić information content (AvgIpc) is 2.86. The van der Waals surface area contributed by atoms with Gasteiger partial charge in [-0.25, -0.2) is 0 Å². The van der Waals surface area contributed by atoms with Crippen LogP contribution in [0.15, 0.2) is 47.6 Å². The summed E-state index contributed by atoms with van der Waals surface area (Å²) in [6.07, 6.45) is 1.56. The number of halogens is 1. The van der Waals surface area contributed by atoms with Crippen LogP contribution < -0.4 is 10.1 Å². The van der Waals surface area contributed by atoms with E-state index in [-0.39, 0.29) is 10.8 Å². The van der Waals surface area contributed by atoms with Crippen LogP contribution in [0.5, 0.6) is 11.6 Å². The maximum Gasteiger partial charge on any atom is 0.247 e. The Morgan fingerprint density at radius 2 is 2.04 bits per heavy atom. The fourth-order valence-corrected chi connectivity index (χ4v) is 3.98. The van der Waals surface area contributed by atoms with Crippen molar-refractivity contribution < 1.29 is 9.84 Å². The summed E-state index contributed by atoms with van der Waals surface area (Å²) in [5.74, 6) is 1.31. The number of unbranched alkanes of at least 4 members (excludes halogenated alkanes) is 1. The van der Waals surface area contributed by atoms with Crippen molar-refractivity contribution in [3.63, 3.8) is 0 Å². The minimum atomic E-state index is -0.632. The van der Waals surface area contributed by atoms with Gasteiger partial charge >= 0.3 is 0 Å². The second-order valence-corrected chi connectivity index (χ2v) is 7.76. The minimum absolute atomic E-state index is 0.000977. The van der Waals surface area contributed by atoms with Gasteiger partial charge in [0.25, 0.3) is 0 Å². The zero-order valence-electron chi connectivity index (χ0n) is 15.2. The van der Waals surface area contributed by atoms with E-state index >= 15 is 0 Å². The quantitative estimate of drug-likeness (QED) is 0.433. The van der Waals surface area contributed by atoms with Gasteiger partial charge in [0.05, 0.1) is 5.02 Å². The molecule has 2 heterocycles. The summed E-state index contributed by atoms with van der Waals surface area (Å²) in [4.78, 5) is 4.59. The van der Waals surface area contributed by atoms with Crippen molar-refractivity contribution in [2.24, 2.45) is 0 Å². The number of thioether (sulfide) groups is 1. The maximum absolute atomic E-state index is 10.00.